The molecule has 0 saturated heterocycles. The maximum atomic E-state index is 13.5. The summed E-state index contributed by atoms with van der Waals surface area (Å²) in [7, 11) is 0. The van der Waals surface area contributed by atoms with Gasteiger partial charge in [0.25, 0.3) is 0 Å². The van der Waals surface area contributed by atoms with Crippen LogP contribution in [-0.4, -0.2) is 34.2 Å². The number of nitrogens with zero attached hydrogens (tertiary/aromatic N) is 2. The molecule has 1 atom stereocenters. The summed E-state index contributed by atoms with van der Waals surface area (Å²) < 4.78 is 50.8. The molecule has 0 aliphatic heterocycles. The second-order valence-electron chi connectivity index (χ2n) is 13.3. The number of unbranched alkanes of at least 4 members (excludes halogenated alkanes) is 14. The predicted molar refractivity (Wildman–Crippen MR) is 192 cm³/mol. The number of hydrogen-bond donors (Lipinski definition) is 0. The van der Waals surface area contributed by atoms with Crippen molar-refractivity contribution in [2.24, 2.45) is 0 Å². The molecule has 274 valence electrons. The van der Waals surface area contributed by atoms with Crippen molar-refractivity contribution in [1.82, 2.24) is 9.97 Å². The Hall–Kier alpha value is -3.75. The number of aromatic nitrogens is 2. The maximum absolute atomic E-state index is 13.5. The van der Waals surface area contributed by atoms with Crippen molar-refractivity contribution < 1.29 is 32.2 Å². The van der Waals surface area contributed by atoms with Crippen LogP contribution in [0.1, 0.15) is 155 Å². The summed E-state index contributed by atoms with van der Waals surface area (Å²) in [5.74, 6) is -0.954. The third-order valence-corrected chi connectivity index (χ3v) is 8.97. The number of benzene rings is 2. The first-order valence-corrected chi connectivity index (χ1v) is 18.6. The Morgan fingerprint density at radius 2 is 1.24 bits per heavy atom. The lowest BCUT2D eigenvalue weighted by Gasteiger charge is -2.21. The van der Waals surface area contributed by atoms with Gasteiger partial charge in [-0.05, 0) is 74.1 Å². The number of ether oxygens (including phenoxy) is 2. The molecule has 0 saturated carbocycles. The molecule has 2 aromatic carbocycles. The Kier molecular flexibility index (Phi) is 18.0. The smallest absolute Gasteiger partial charge is 0.425 e. The van der Waals surface area contributed by atoms with E-state index in [9.17, 15) is 22.8 Å². The van der Waals surface area contributed by atoms with Crippen LogP contribution in [0.2, 0.25) is 0 Å². The Balaban J connectivity index is 1.43. The first kappa shape index (κ1) is 40.7. The van der Waals surface area contributed by atoms with Crippen molar-refractivity contribution in [3.05, 3.63) is 77.1 Å². The van der Waals surface area contributed by atoms with Gasteiger partial charge in [0, 0.05) is 18.0 Å². The maximum Gasteiger partial charge on any atom is 0.425 e. The summed E-state index contributed by atoms with van der Waals surface area (Å²) in [6, 6.07) is 10.9. The van der Waals surface area contributed by atoms with Gasteiger partial charge in [0.2, 0.25) is 0 Å². The van der Waals surface area contributed by atoms with Gasteiger partial charge in [0.1, 0.15) is 5.75 Å². The average Bonchev–Trinajstić information content (AvgIpc) is 3.10. The molecular weight excluding hydrogens is 641 g/mol. The summed E-state index contributed by atoms with van der Waals surface area (Å²) >= 11 is 0. The zero-order chi connectivity index (χ0) is 36.2. The van der Waals surface area contributed by atoms with E-state index in [1.165, 1.54) is 88.8 Å². The number of aryl methyl sites for hydroxylation is 2. The number of hydrogen-bond acceptors (Lipinski definition) is 6. The topological polar surface area (TPSA) is 78.4 Å². The normalized spacial score (nSPS) is 12.1. The van der Waals surface area contributed by atoms with E-state index < -0.39 is 24.2 Å². The highest BCUT2D eigenvalue weighted by atomic mass is 19.4. The van der Waals surface area contributed by atoms with Crippen LogP contribution < -0.4 is 4.74 Å². The van der Waals surface area contributed by atoms with Gasteiger partial charge in [-0.25, -0.2) is 19.6 Å². The third-order valence-electron chi connectivity index (χ3n) is 8.97. The Labute approximate surface area is 296 Å². The quantitative estimate of drug-likeness (QED) is 0.0558. The zero-order valence-corrected chi connectivity index (χ0v) is 30.2. The summed E-state index contributed by atoms with van der Waals surface area (Å²) in [4.78, 5) is 34.5. The van der Waals surface area contributed by atoms with E-state index in [1.807, 2.05) is 19.3 Å². The lowest BCUT2D eigenvalue weighted by molar-refractivity contribution is -0.206. The molecule has 9 heteroatoms. The van der Waals surface area contributed by atoms with E-state index in [1.54, 1.807) is 31.2 Å². The Morgan fingerprint density at radius 1 is 0.700 bits per heavy atom. The largest absolute Gasteiger partial charge is 0.449 e. The van der Waals surface area contributed by atoms with Crippen molar-refractivity contribution in [3.8, 4) is 17.1 Å². The molecule has 0 spiro atoms. The molecular formula is C41H55F3N2O4. The highest BCUT2D eigenvalue weighted by Gasteiger charge is 2.42. The van der Waals surface area contributed by atoms with E-state index in [-0.39, 0.29) is 17.7 Å². The fourth-order valence-electron chi connectivity index (χ4n) is 5.89. The van der Waals surface area contributed by atoms with E-state index >= 15 is 0 Å². The predicted octanol–water partition coefficient (Wildman–Crippen LogP) is 12.0. The second kappa shape index (κ2) is 22.1. The molecule has 6 nitrogen and oxygen atoms in total. The number of rotatable bonds is 23. The van der Waals surface area contributed by atoms with Gasteiger partial charge >= 0.3 is 18.1 Å². The monoisotopic (exact) mass is 696 g/mol. The van der Waals surface area contributed by atoms with Crippen molar-refractivity contribution in [2.45, 2.75) is 149 Å². The Bertz CT molecular complexity index is 1430. The molecule has 0 fully saturated rings. The molecule has 50 heavy (non-hydrogen) atoms. The minimum Gasteiger partial charge on any atom is -0.449 e. The van der Waals surface area contributed by atoms with Crippen LogP contribution in [0.3, 0.4) is 0 Å². The van der Waals surface area contributed by atoms with Gasteiger partial charge in [-0.2, -0.15) is 13.2 Å². The highest BCUT2D eigenvalue weighted by Crippen LogP contribution is 2.29. The highest BCUT2D eigenvalue weighted by molar-refractivity contribution is 5.93. The fraction of sp³-hybridized carbons (Fsp3) is 0.561. The van der Waals surface area contributed by atoms with Gasteiger partial charge in [-0.3, -0.25) is 0 Å². The molecule has 0 bridgehead atoms. The lowest BCUT2D eigenvalue weighted by Crippen LogP contribution is -2.34. The summed E-state index contributed by atoms with van der Waals surface area (Å²) in [6.45, 7) is 5.78. The molecule has 0 N–H and O–H groups in total. The molecule has 0 unspecified atom stereocenters. The van der Waals surface area contributed by atoms with Gasteiger partial charge < -0.3 is 9.47 Å². The Morgan fingerprint density at radius 3 is 1.78 bits per heavy atom. The summed E-state index contributed by atoms with van der Waals surface area (Å²) in [5, 5.41) is 0. The zero-order valence-electron chi connectivity index (χ0n) is 30.2. The summed E-state index contributed by atoms with van der Waals surface area (Å²) in [6.07, 6.45) is 16.1. The van der Waals surface area contributed by atoms with Crippen LogP contribution in [0.5, 0.6) is 5.75 Å². The number of carbonyl (C=O) groups is 2. The number of halogens is 3. The first-order chi connectivity index (χ1) is 24.1. The molecule has 0 amide bonds. The first-order valence-electron chi connectivity index (χ1n) is 18.6. The second-order valence-corrected chi connectivity index (χ2v) is 13.3. The van der Waals surface area contributed by atoms with E-state index in [4.69, 9.17) is 9.47 Å². The standard InChI is InChI=1S/C41H55F3N2O4/c1-4-6-8-10-11-12-13-14-15-16-17-18-20-32-29-45-38(46-30-32)33-22-24-34(25-23-33)39(47)49-35-26-27-36(31(3)28-35)40(48)50-37(41(42,43)44)21-19-9-7-5-2/h22-30,37H,4-21H2,1-3H3/t37-/m1/s1. The van der Waals surface area contributed by atoms with Crippen molar-refractivity contribution >= 4 is 11.9 Å². The van der Waals surface area contributed by atoms with Crippen LogP contribution in [0, 0.1) is 6.92 Å². The van der Waals surface area contributed by atoms with Gasteiger partial charge in [-0.15, -0.1) is 0 Å². The molecule has 1 aromatic heterocycles. The minimum absolute atomic E-state index is 0.0166. The third kappa shape index (κ3) is 14.6. The molecule has 0 aliphatic carbocycles. The van der Waals surface area contributed by atoms with Crippen molar-refractivity contribution in [3.63, 3.8) is 0 Å². The van der Waals surface area contributed by atoms with Gasteiger partial charge in [0.05, 0.1) is 11.1 Å². The van der Waals surface area contributed by atoms with Gasteiger partial charge in [-0.1, -0.05) is 116 Å². The molecule has 1 heterocycles. The molecule has 3 rings (SSSR count). The van der Waals surface area contributed by atoms with Crippen LogP contribution in [0.4, 0.5) is 13.2 Å². The van der Waals surface area contributed by atoms with E-state index in [2.05, 4.69) is 16.9 Å². The number of esters is 2. The van der Waals surface area contributed by atoms with E-state index in [0.29, 0.717) is 29.8 Å². The molecule has 0 aliphatic rings. The van der Waals surface area contributed by atoms with Crippen molar-refractivity contribution in [1.29, 1.82) is 0 Å². The van der Waals surface area contributed by atoms with Crippen LogP contribution >= 0.6 is 0 Å². The SMILES string of the molecule is CCCCCCCCCCCCCCc1cnc(-c2ccc(C(=O)Oc3ccc(C(=O)O[C@H](CCCCCC)C(F)(F)F)c(C)c3)cc2)nc1. The van der Waals surface area contributed by atoms with E-state index in [0.717, 1.165) is 36.8 Å². The number of alkyl halides is 3. The molecule has 3 aromatic rings. The van der Waals surface area contributed by atoms with Crippen LogP contribution in [0.15, 0.2) is 54.9 Å². The molecule has 0 radical (unpaired) electrons. The average molecular weight is 697 g/mol. The van der Waals surface area contributed by atoms with Crippen LogP contribution in [0.25, 0.3) is 11.4 Å². The van der Waals surface area contributed by atoms with Gasteiger partial charge in [0.15, 0.2) is 11.9 Å². The summed E-state index contributed by atoms with van der Waals surface area (Å²) in [5.41, 5.74) is 2.49. The van der Waals surface area contributed by atoms with Crippen molar-refractivity contribution in [2.75, 3.05) is 0 Å². The fourth-order valence-corrected chi connectivity index (χ4v) is 5.89. The lowest BCUT2D eigenvalue weighted by atomic mass is 10.0. The minimum atomic E-state index is -4.65. The van der Waals surface area contributed by atoms with Crippen LogP contribution in [-0.2, 0) is 11.2 Å². The number of carbonyl (C=O) groups excluding carboxylic acids is 2.